The van der Waals surface area contributed by atoms with Crippen molar-refractivity contribution >= 4 is 16.8 Å². The van der Waals surface area contributed by atoms with E-state index < -0.39 is 0 Å². The molecule has 4 rings (SSSR count). The molecule has 0 saturated heterocycles. The zero-order valence-corrected chi connectivity index (χ0v) is 15.4. The molecule has 0 aliphatic carbocycles. The minimum atomic E-state index is -0.249. The minimum Gasteiger partial charge on any atom is -0.344 e. The summed E-state index contributed by atoms with van der Waals surface area (Å²) in [5.74, 6) is -0.157. The second kappa shape index (κ2) is 8.03. The maximum Gasteiger partial charge on any atom is 0.252 e. The molecule has 3 aromatic carbocycles. The van der Waals surface area contributed by atoms with E-state index in [2.05, 4.69) is 5.32 Å². The summed E-state index contributed by atoms with van der Waals surface area (Å²) in [6, 6.07) is 28.9. The molecule has 1 atom stereocenters. The summed E-state index contributed by atoms with van der Waals surface area (Å²) in [5.41, 5.74) is 10.1. The number of fused-ring (bicyclic) bond motifs is 1. The molecule has 0 aliphatic heterocycles. The van der Waals surface area contributed by atoms with E-state index in [1.165, 1.54) is 0 Å². The number of carbonyl (C=O) groups excluding carboxylic acids is 1. The Morgan fingerprint density at radius 1 is 0.893 bits per heavy atom. The Hall–Kier alpha value is -3.50. The molecule has 4 aromatic rings. The monoisotopic (exact) mass is 367 g/mol. The number of nitrogens with two attached hydrogens (primary N) is 1. The fraction of sp³-hybridized carbons (Fsp3) is 0.0833. The molecule has 1 amide bonds. The van der Waals surface area contributed by atoms with Crippen LogP contribution in [0.5, 0.6) is 0 Å². The van der Waals surface area contributed by atoms with Crippen LogP contribution in [0.15, 0.2) is 91.0 Å². The van der Waals surface area contributed by atoms with Crippen molar-refractivity contribution in [3.05, 3.63) is 102 Å². The van der Waals surface area contributed by atoms with Crippen LogP contribution in [-0.4, -0.2) is 17.4 Å². The first-order valence-corrected chi connectivity index (χ1v) is 9.27. The lowest BCUT2D eigenvalue weighted by molar-refractivity contribution is 0.0939. The van der Waals surface area contributed by atoms with Gasteiger partial charge < -0.3 is 11.1 Å². The lowest BCUT2D eigenvalue weighted by Crippen LogP contribution is -2.33. The molecule has 0 fully saturated rings. The Bertz CT molecular complexity index is 1090. The van der Waals surface area contributed by atoms with Crippen molar-refractivity contribution in [1.82, 2.24) is 10.3 Å². The van der Waals surface area contributed by atoms with Gasteiger partial charge in [0.05, 0.1) is 22.8 Å². The van der Waals surface area contributed by atoms with Gasteiger partial charge in [0.1, 0.15) is 0 Å². The number of hydrogen-bond donors (Lipinski definition) is 2. The van der Waals surface area contributed by atoms with Crippen molar-refractivity contribution in [3.8, 4) is 11.3 Å². The molecule has 0 bridgehead atoms. The van der Waals surface area contributed by atoms with Gasteiger partial charge in [-0.3, -0.25) is 4.79 Å². The molecule has 138 valence electrons. The summed E-state index contributed by atoms with van der Waals surface area (Å²) < 4.78 is 0. The summed E-state index contributed by atoms with van der Waals surface area (Å²) in [4.78, 5) is 17.9. The lowest BCUT2D eigenvalue weighted by Gasteiger charge is -2.18. The maximum absolute atomic E-state index is 13.2. The highest BCUT2D eigenvalue weighted by Gasteiger charge is 2.18. The van der Waals surface area contributed by atoms with Gasteiger partial charge in [-0.05, 0) is 17.7 Å². The zero-order valence-electron chi connectivity index (χ0n) is 15.4. The standard InChI is InChI=1S/C24H21N3O/c25-16-23(18-11-5-2-6-12-18)27-24(28)20-15-22(17-9-3-1-4-10-17)26-21-14-8-7-13-19(20)21/h1-15,23H,16,25H2,(H,27,28)/t23-/m1/s1. The van der Waals surface area contributed by atoms with Crippen molar-refractivity contribution in [1.29, 1.82) is 0 Å². The molecule has 4 nitrogen and oxygen atoms in total. The third-order valence-electron chi connectivity index (χ3n) is 4.77. The molecule has 3 N–H and O–H groups in total. The van der Waals surface area contributed by atoms with Crippen molar-refractivity contribution in [2.75, 3.05) is 6.54 Å². The zero-order chi connectivity index (χ0) is 19.3. The number of aromatic nitrogens is 1. The largest absolute Gasteiger partial charge is 0.344 e. The second-order valence-electron chi connectivity index (χ2n) is 6.61. The third-order valence-corrected chi connectivity index (χ3v) is 4.77. The Balaban J connectivity index is 1.75. The van der Waals surface area contributed by atoms with Gasteiger partial charge in [0.15, 0.2) is 0 Å². The van der Waals surface area contributed by atoms with Gasteiger partial charge in [-0.2, -0.15) is 0 Å². The first-order chi connectivity index (χ1) is 13.8. The molecular weight excluding hydrogens is 346 g/mol. The van der Waals surface area contributed by atoms with Gasteiger partial charge in [0.25, 0.3) is 5.91 Å². The van der Waals surface area contributed by atoms with Crippen LogP contribution in [0.1, 0.15) is 22.0 Å². The number of para-hydroxylation sites is 1. The van der Waals surface area contributed by atoms with Crippen LogP contribution in [0.25, 0.3) is 22.2 Å². The number of benzene rings is 3. The fourth-order valence-electron chi connectivity index (χ4n) is 3.32. The van der Waals surface area contributed by atoms with E-state index in [0.29, 0.717) is 12.1 Å². The van der Waals surface area contributed by atoms with E-state index in [1.807, 2.05) is 91.0 Å². The average molecular weight is 367 g/mol. The van der Waals surface area contributed by atoms with Crippen LogP contribution < -0.4 is 11.1 Å². The summed E-state index contributed by atoms with van der Waals surface area (Å²) >= 11 is 0. The number of carbonyl (C=O) groups is 1. The molecule has 0 spiro atoms. The number of rotatable bonds is 5. The van der Waals surface area contributed by atoms with Gasteiger partial charge in [-0.1, -0.05) is 78.9 Å². The molecule has 0 aliphatic rings. The predicted octanol–water partition coefficient (Wildman–Crippen LogP) is 4.33. The smallest absolute Gasteiger partial charge is 0.252 e. The van der Waals surface area contributed by atoms with Gasteiger partial charge in [0, 0.05) is 17.5 Å². The quantitative estimate of drug-likeness (QED) is 0.552. The first kappa shape index (κ1) is 17.9. The van der Waals surface area contributed by atoms with Crippen molar-refractivity contribution in [3.63, 3.8) is 0 Å². The third kappa shape index (κ3) is 3.63. The van der Waals surface area contributed by atoms with Gasteiger partial charge in [-0.15, -0.1) is 0 Å². The number of nitrogens with zero attached hydrogens (tertiary/aromatic N) is 1. The average Bonchev–Trinajstić information content (AvgIpc) is 2.77. The summed E-state index contributed by atoms with van der Waals surface area (Å²) in [7, 11) is 0. The molecule has 1 heterocycles. The van der Waals surface area contributed by atoms with Crippen LogP contribution >= 0.6 is 0 Å². The minimum absolute atomic E-state index is 0.157. The Morgan fingerprint density at radius 2 is 1.54 bits per heavy atom. The topological polar surface area (TPSA) is 68.0 Å². The molecule has 0 radical (unpaired) electrons. The van der Waals surface area contributed by atoms with Crippen LogP contribution in [-0.2, 0) is 0 Å². The fourth-order valence-corrected chi connectivity index (χ4v) is 3.32. The maximum atomic E-state index is 13.2. The van der Waals surface area contributed by atoms with Crippen molar-refractivity contribution < 1.29 is 4.79 Å². The van der Waals surface area contributed by atoms with Gasteiger partial charge in [-0.25, -0.2) is 4.98 Å². The number of amides is 1. The van der Waals surface area contributed by atoms with E-state index in [-0.39, 0.29) is 11.9 Å². The second-order valence-corrected chi connectivity index (χ2v) is 6.61. The Labute approximate surface area is 164 Å². The Morgan fingerprint density at radius 3 is 2.25 bits per heavy atom. The summed E-state index contributed by atoms with van der Waals surface area (Å²) in [6.45, 7) is 0.324. The normalized spacial score (nSPS) is 11.9. The van der Waals surface area contributed by atoms with E-state index >= 15 is 0 Å². The molecule has 28 heavy (non-hydrogen) atoms. The van der Waals surface area contributed by atoms with Crippen LogP contribution in [0.4, 0.5) is 0 Å². The number of pyridine rings is 1. The van der Waals surface area contributed by atoms with Crippen molar-refractivity contribution in [2.45, 2.75) is 6.04 Å². The van der Waals surface area contributed by atoms with Crippen LogP contribution in [0.2, 0.25) is 0 Å². The number of hydrogen-bond acceptors (Lipinski definition) is 3. The highest BCUT2D eigenvalue weighted by Crippen LogP contribution is 2.25. The lowest BCUT2D eigenvalue weighted by atomic mass is 10.0. The SMILES string of the molecule is NC[C@@H](NC(=O)c1cc(-c2ccccc2)nc2ccccc12)c1ccccc1. The van der Waals surface area contributed by atoms with E-state index in [4.69, 9.17) is 10.7 Å². The van der Waals surface area contributed by atoms with Gasteiger partial charge in [0.2, 0.25) is 0 Å². The van der Waals surface area contributed by atoms with E-state index in [1.54, 1.807) is 0 Å². The summed E-state index contributed by atoms with van der Waals surface area (Å²) in [5, 5.41) is 3.90. The molecular formula is C24H21N3O. The predicted molar refractivity (Wildman–Crippen MR) is 113 cm³/mol. The highest BCUT2D eigenvalue weighted by atomic mass is 16.1. The number of nitrogens with one attached hydrogen (secondary N) is 1. The van der Waals surface area contributed by atoms with Crippen molar-refractivity contribution in [2.24, 2.45) is 5.73 Å². The molecule has 1 aromatic heterocycles. The van der Waals surface area contributed by atoms with Gasteiger partial charge >= 0.3 is 0 Å². The van der Waals surface area contributed by atoms with Crippen LogP contribution in [0, 0.1) is 0 Å². The molecule has 0 unspecified atom stereocenters. The van der Waals surface area contributed by atoms with E-state index in [0.717, 1.165) is 27.7 Å². The molecule has 4 heteroatoms. The first-order valence-electron chi connectivity index (χ1n) is 9.27. The van der Waals surface area contributed by atoms with Crippen LogP contribution in [0.3, 0.4) is 0 Å². The molecule has 0 saturated carbocycles. The Kier molecular flexibility index (Phi) is 5.13. The van der Waals surface area contributed by atoms with E-state index in [9.17, 15) is 4.79 Å². The summed E-state index contributed by atoms with van der Waals surface area (Å²) in [6.07, 6.45) is 0. The highest BCUT2D eigenvalue weighted by molar-refractivity contribution is 6.07.